The smallest absolute Gasteiger partial charge is 0.250 e. The number of nitrogens with one attached hydrogen (secondary N) is 1. The molecular weight excluding hydrogens is 500 g/mol. The molecule has 1 N–H and O–H groups in total. The lowest BCUT2D eigenvalue weighted by Gasteiger charge is -2.37. The van der Waals surface area contributed by atoms with Crippen LogP contribution < -0.4 is 5.32 Å². The van der Waals surface area contributed by atoms with Crippen LogP contribution in [-0.4, -0.2) is 29.2 Å². The molecule has 6 rings (SSSR count). The van der Waals surface area contributed by atoms with Crippen molar-refractivity contribution in [3.8, 4) is 0 Å². The Morgan fingerprint density at radius 2 is 1.76 bits per heavy atom. The first-order chi connectivity index (χ1) is 16.0. The fourth-order valence-corrected chi connectivity index (χ4v) is 6.93. The highest BCUT2D eigenvalue weighted by Gasteiger charge is 2.69. The summed E-state index contributed by atoms with van der Waals surface area (Å²) in [5.41, 5.74) is 2.19. The Labute approximate surface area is 206 Å². The van der Waals surface area contributed by atoms with Gasteiger partial charge >= 0.3 is 0 Å². The number of hydrogen-bond acceptors (Lipinski definition) is 3. The zero-order chi connectivity index (χ0) is 22.7. The summed E-state index contributed by atoms with van der Waals surface area (Å²) in [4.78, 5) is 30.5. The molecule has 3 heterocycles. The topological polar surface area (TPSA) is 49.4 Å². The second kappa shape index (κ2) is 7.79. The molecule has 2 fully saturated rings. The number of rotatable bonds is 3. The van der Waals surface area contributed by atoms with Crippen LogP contribution in [-0.2, 0) is 10.3 Å². The van der Waals surface area contributed by atoms with Crippen molar-refractivity contribution in [2.75, 3.05) is 11.9 Å². The van der Waals surface area contributed by atoms with E-state index in [1.165, 1.54) is 0 Å². The van der Waals surface area contributed by atoms with Crippen molar-refractivity contribution in [1.82, 2.24) is 4.90 Å². The van der Waals surface area contributed by atoms with Crippen molar-refractivity contribution < 1.29 is 9.59 Å². The highest BCUT2D eigenvalue weighted by molar-refractivity contribution is 9.10. The molecule has 0 aliphatic carbocycles. The Kier molecular flexibility index (Phi) is 4.98. The number of carbonyl (C=O) groups excluding carboxylic acids is 2. The molecule has 1 amide bonds. The van der Waals surface area contributed by atoms with E-state index < -0.39 is 11.5 Å². The number of anilines is 1. The molecule has 0 radical (unpaired) electrons. The van der Waals surface area contributed by atoms with Crippen LogP contribution in [0.4, 0.5) is 5.69 Å². The molecule has 4 atom stereocenters. The zero-order valence-electron chi connectivity index (χ0n) is 17.8. The largest absolute Gasteiger partial charge is 0.324 e. The summed E-state index contributed by atoms with van der Waals surface area (Å²) < 4.78 is 0.910. The number of ketones is 1. The number of amides is 1. The Balaban J connectivity index is 1.63. The van der Waals surface area contributed by atoms with Crippen molar-refractivity contribution in [1.29, 1.82) is 0 Å². The van der Waals surface area contributed by atoms with Crippen molar-refractivity contribution in [2.45, 2.75) is 30.3 Å². The third-order valence-corrected chi connectivity index (χ3v) is 8.46. The van der Waals surface area contributed by atoms with E-state index >= 15 is 0 Å². The van der Waals surface area contributed by atoms with E-state index in [9.17, 15) is 9.59 Å². The zero-order valence-corrected chi connectivity index (χ0v) is 20.1. The first-order valence-electron chi connectivity index (χ1n) is 11.3. The predicted molar refractivity (Wildman–Crippen MR) is 133 cm³/mol. The van der Waals surface area contributed by atoms with Gasteiger partial charge in [0.05, 0.1) is 5.92 Å². The van der Waals surface area contributed by atoms with Gasteiger partial charge in [-0.25, -0.2) is 0 Å². The molecule has 2 saturated heterocycles. The summed E-state index contributed by atoms with van der Waals surface area (Å²) in [6, 6.07) is 23.1. The molecule has 3 aliphatic rings. The molecule has 3 aliphatic heterocycles. The fraction of sp³-hybridized carbons (Fsp3) is 0.259. The van der Waals surface area contributed by atoms with Crippen LogP contribution >= 0.6 is 27.5 Å². The van der Waals surface area contributed by atoms with E-state index in [0.717, 1.165) is 40.7 Å². The van der Waals surface area contributed by atoms with Crippen LogP contribution in [0, 0.1) is 5.92 Å². The minimum Gasteiger partial charge on any atom is -0.324 e. The van der Waals surface area contributed by atoms with Crippen molar-refractivity contribution >= 4 is 44.9 Å². The second-order valence-corrected chi connectivity index (χ2v) is 10.4. The minimum atomic E-state index is -1.05. The Bertz CT molecular complexity index is 1280. The van der Waals surface area contributed by atoms with Gasteiger partial charge in [0, 0.05) is 38.3 Å². The van der Waals surface area contributed by atoms with E-state index in [2.05, 4.69) is 26.1 Å². The standard InChI is InChI=1S/C27H22BrClN2O2/c28-17-13-11-16(12-14-17)25(32)24-23(18-6-1-3-8-20(18)29)22-10-5-15-31(22)27(24)19-7-2-4-9-21(19)30-26(27)33/h1-4,6-9,11-14,22-24H,5,10,15H2,(H,30,33)/t22-,23-,24-,27+/m0/s1. The summed E-state index contributed by atoms with van der Waals surface area (Å²) >= 11 is 10.2. The molecule has 6 heteroatoms. The first-order valence-corrected chi connectivity index (χ1v) is 12.4. The van der Waals surface area contributed by atoms with E-state index in [0.29, 0.717) is 10.6 Å². The summed E-state index contributed by atoms with van der Waals surface area (Å²) in [6.07, 6.45) is 1.92. The van der Waals surface area contributed by atoms with Gasteiger partial charge in [0.1, 0.15) is 5.54 Å². The highest BCUT2D eigenvalue weighted by atomic mass is 79.9. The number of hydrogen-bond donors (Lipinski definition) is 1. The summed E-state index contributed by atoms with van der Waals surface area (Å²) in [5.74, 6) is -0.906. The first kappa shape index (κ1) is 21.1. The molecular formula is C27H22BrClN2O2. The molecule has 33 heavy (non-hydrogen) atoms. The van der Waals surface area contributed by atoms with Crippen LogP contribution in [0.3, 0.4) is 0 Å². The molecule has 1 spiro atoms. The average molecular weight is 522 g/mol. The maximum absolute atomic E-state index is 14.3. The second-order valence-electron chi connectivity index (χ2n) is 9.07. The lowest BCUT2D eigenvalue weighted by molar-refractivity contribution is -0.127. The van der Waals surface area contributed by atoms with Gasteiger partial charge in [-0.2, -0.15) is 0 Å². The third-order valence-electron chi connectivity index (χ3n) is 7.58. The number of Topliss-reactive ketones (excluding diaryl/α,β-unsaturated/α-hetero) is 1. The Morgan fingerprint density at radius 3 is 2.55 bits per heavy atom. The Morgan fingerprint density at radius 1 is 1.03 bits per heavy atom. The number of nitrogens with zero attached hydrogens (tertiary/aromatic N) is 1. The van der Waals surface area contributed by atoms with Crippen LogP contribution in [0.15, 0.2) is 77.3 Å². The molecule has 0 saturated carbocycles. The Hall–Kier alpha value is -2.47. The normalized spacial score (nSPS) is 28.1. The molecule has 0 unspecified atom stereocenters. The van der Waals surface area contributed by atoms with Gasteiger partial charge in [-0.1, -0.05) is 76.1 Å². The minimum absolute atomic E-state index is 0.0197. The quantitative estimate of drug-likeness (QED) is 0.429. The van der Waals surface area contributed by atoms with Gasteiger partial charge < -0.3 is 5.32 Å². The van der Waals surface area contributed by atoms with Gasteiger partial charge in [0.2, 0.25) is 5.91 Å². The number of para-hydroxylation sites is 1. The van der Waals surface area contributed by atoms with E-state index in [-0.39, 0.29) is 23.7 Å². The fourth-order valence-electron chi connectivity index (χ4n) is 6.40. The molecule has 3 aromatic rings. The lowest BCUT2D eigenvalue weighted by atomic mass is 9.69. The van der Waals surface area contributed by atoms with Gasteiger partial charge in [-0.3, -0.25) is 14.5 Å². The highest BCUT2D eigenvalue weighted by Crippen LogP contribution is 2.61. The molecule has 4 nitrogen and oxygen atoms in total. The van der Waals surface area contributed by atoms with Crippen molar-refractivity contribution in [3.63, 3.8) is 0 Å². The van der Waals surface area contributed by atoms with Crippen LogP contribution in [0.1, 0.15) is 40.2 Å². The third kappa shape index (κ3) is 2.92. The van der Waals surface area contributed by atoms with E-state index in [4.69, 9.17) is 11.6 Å². The van der Waals surface area contributed by atoms with E-state index in [1.54, 1.807) is 0 Å². The lowest BCUT2D eigenvalue weighted by Crippen LogP contribution is -2.52. The molecule has 0 bridgehead atoms. The molecule has 0 aromatic heterocycles. The van der Waals surface area contributed by atoms with Crippen LogP contribution in [0.5, 0.6) is 0 Å². The monoisotopic (exact) mass is 520 g/mol. The SMILES string of the molecule is O=C(c1ccc(Br)cc1)[C@@H]1[C@@H](c2ccccc2Cl)[C@@H]2CCCN2[C@@]12C(=O)Nc1ccccc12. The van der Waals surface area contributed by atoms with Gasteiger partial charge in [-0.15, -0.1) is 0 Å². The molecule has 3 aromatic carbocycles. The summed E-state index contributed by atoms with van der Waals surface area (Å²) in [5, 5.41) is 3.75. The summed E-state index contributed by atoms with van der Waals surface area (Å²) in [7, 11) is 0. The molecule has 166 valence electrons. The van der Waals surface area contributed by atoms with Crippen LogP contribution in [0.2, 0.25) is 5.02 Å². The predicted octanol–water partition coefficient (Wildman–Crippen LogP) is 6.01. The van der Waals surface area contributed by atoms with Gasteiger partial charge in [0.15, 0.2) is 5.78 Å². The van der Waals surface area contributed by atoms with Crippen molar-refractivity contribution in [2.24, 2.45) is 5.92 Å². The summed E-state index contributed by atoms with van der Waals surface area (Å²) in [6.45, 7) is 0.775. The van der Waals surface area contributed by atoms with Crippen LogP contribution in [0.25, 0.3) is 0 Å². The number of fused-ring (bicyclic) bond motifs is 4. The van der Waals surface area contributed by atoms with Gasteiger partial charge in [0.25, 0.3) is 0 Å². The van der Waals surface area contributed by atoms with Crippen molar-refractivity contribution in [3.05, 3.63) is 99.0 Å². The number of halogens is 2. The maximum atomic E-state index is 14.3. The number of carbonyl (C=O) groups is 2. The van der Waals surface area contributed by atoms with E-state index in [1.807, 2.05) is 72.8 Å². The maximum Gasteiger partial charge on any atom is 0.250 e. The van der Waals surface area contributed by atoms with Gasteiger partial charge in [-0.05, 0) is 49.2 Å². The number of benzene rings is 3. The average Bonchev–Trinajstić information content (AvgIpc) is 3.48.